The topological polar surface area (TPSA) is 52.6 Å². The molecule has 1 heterocycles. The molecule has 2 atom stereocenters. The molecule has 0 aromatic rings. The molecule has 1 aliphatic heterocycles. The highest BCUT2D eigenvalue weighted by atomic mass is 31.2. The van der Waals surface area contributed by atoms with Gasteiger partial charge in [0, 0.05) is 13.5 Å². The van der Waals surface area contributed by atoms with Crippen molar-refractivity contribution in [1.29, 1.82) is 0 Å². The van der Waals surface area contributed by atoms with E-state index in [0.717, 1.165) is 0 Å². The van der Waals surface area contributed by atoms with E-state index in [9.17, 15) is 9.13 Å². The Kier molecular flexibility index (Phi) is 3.08. The molecule has 0 spiro atoms. The molecule has 0 aliphatic carbocycles. The lowest BCUT2D eigenvalue weighted by atomic mass is 10.1. The molecule has 0 N–H and O–H groups in total. The minimum Gasteiger partial charge on any atom is -0.321 e. The smallest absolute Gasteiger partial charge is 0.321 e. The van der Waals surface area contributed by atoms with Gasteiger partial charge in [0.15, 0.2) is 0 Å². The Balaban J connectivity index is 3.19. The van der Waals surface area contributed by atoms with Gasteiger partial charge in [-0.2, -0.15) is 0 Å². The third kappa shape index (κ3) is 1.98. The first kappa shape index (κ1) is 13.4. The normalized spacial score (nSPS) is 40.7. The van der Waals surface area contributed by atoms with E-state index >= 15 is 0 Å². The second-order valence-corrected chi connectivity index (χ2v) is 11.7. The van der Waals surface area contributed by atoms with Crippen LogP contribution >= 0.6 is 14.7 Å². The van der Waals surface area contributed by atoms with Gasteiger partial charge in [0.05, 0.1) is 5.16 Å². The molecule has 6 heteroatoms. The summed E-state index contributed by atoms with van der Waals surface area (Å²) in [7, 11) is -4.24. The van der Waals surface area contributed by atoms with E-state index in [0.29, 0.717) is 6.42 Å². The fourth-order valence-electron chi connectivity index (χ4n) is 1.89. The quantitative estimate of drug-likeness (QED) is 0.709. The van der Waals surface area contributed by atoms with Crippen LogP contribution in [0.1, 0.15) is 27.2 Å². The highest BCUT2D eigenvalue weighted by molar-refractivity contribution is 7.65. The van der Waals surface area contributed by atoms with Crippen molar-refractivity contribution in [3.05, 3.63) is 0 Å². The second kappa shape index (κ2) is 3.43. The monoisotopic (exact) mass is 254 g/mol. The maximum absolute atomic E-state index is 12.3. The van der Waals surface area contributed by atoms with E-state index in [2.05, 4.69) is 0 Å². The molecule has 1 aliphatic rings. The molecule has 4 nitrogen and oxygen atoms in total. The van der Waals surface area contributed by atoms with Crippen molar-refractivity contribution in [2.24, 2.45) is 0 Å². The van der Waals surface area contributed by atoms with Crippen LogP contribution in [0.2, 0.25) is 0 Å². The summed E-state index contributed by atoms with van der Waals surface area (Å²) in [5.74, 6) is 0. The van der Waals surface area contributed by atoms with Crippen LogP contribution in [0.5, 0.6) is 0 Å². The van der Waals surface area contributed by atoms with E-state index < -0.39 is 25.2 Å². The highest BCUT2D eigenvalue weighted by Gasteiger charge is 2.61. The Morgan fingerprint density at radius 3 is 2.00 bits per heavy atom. The summed E-state index contributed by atoms with van der Waals surface area (Å²) in [6, 6.07) is 0. The fourth-order valence-corrected chi connectivity index (χ4v) is 5.79. The summed E-state index contributed by atoms with van der Waals surface area (Å²) in [4.78, 5) is 0. The number of hydrogen-bond acceptors (Lipinski definition) is 4. The molecular weight excluding hydrogens is 234 g/mol. The van der Waals surface area contributed by atoms with Crippen molar-refractivity contribution in [3.63, 3.8) is 0 Å². The zero-order valence-electron chi connectivity index (χ0n) is 10.2. The molecule has 0 bridgehead atoms. The van der Waals surface area contributed by atoms with E-state index in [1.54, 1.807) is 20.3 Å². The van der Waals surface area contributed by atoms with Crippen molar-refractivity contribution in [2.75, 3.05) is 20.4 Å². The lowest BCUT2D eigenvalue weighted by Gasteiger charge is -2.27. The highest BCUT2D eigenvalue weighted by Crippen LogP contribution is 2.76. The molecule has 15 heavy (non-hydrogen) atoms. The molecule has 2 unspecified atom stereocenters. The Morgan fingerprint density at radius 2 is 1.80 bits per heavy atom. The van der Waals surface area contributed by atoms with Crippen LogP contribution in [-0.4, -0.2) is 30.9 Å². The van der Waals surface area contributed by atoms with Gasteiger partial charge in [0.25, 0.3) is 0 Å². The Morgan fingerprint density at radius 1 is 1.33 bits per heavy atom. The number of rotatable bonds is 2. The third-order valence-electron chi connectivity index (χ3n) is 3.20. The van der Waals surface area contributed by atoms with E-state index in [1.807, 2.05) is 13.8 Å². The first-order chi connectivity index (χ1) is 6.47. The van der Waals surface area contributed by atoms with E-state index in [-0.39, 0.29) is 0 Å². The Labute approximate surface area is 91.6 Å². The maximum Gasteiger partial charge on any atom is 0.337 e. The Hall–Kier alpha value is 0.380. The summed E-state index contributed by atoms with van der Waals surface area (Å²) >= 11 is 0. The molecule has 0 radical (unpaired) electrons. The molecular formula is C9H20O4P2. The minimum atomic E-state index is -3.14. The van der Waals surface area contributed by atoms with Gasteiger partial charge in [-0.15, -0.1) is 0 Å². The zero-order valence-corrected chi connectivity index (χ0v) is 12.0. The van der Waals surface area contributed by atoms with Gasteiger partial charge in [-0.05, 0) is 34.1 Å². The summed E-state index contributed by atoms with van der Waals surface area (Å²) in [6.07, 6.45) is 0.495. The Bertz CT molecular complexity index is 357. The van der Waals surface area contributed by atoms with Crippen molar-refractivity contribution < 1.29 is 18.2 Å². The van der Waals surface area contributed by atoms with Gasteiger partial charge < -0.3 is 9.09 Å². The molecule has 0 aromatic heterocycles. The van der Waals surface area contributed by atoms with Crippen LogP contribution < -0.4 is 0 Å². The van der Waals surface area contributed by atoms with Crippen LogP contribution in [0, 0.1) is 0 Å². The van der Waals surface area contributed by atoms with E-state index in [1.165, 1.54) is 7.11 Å². The van der Waals surface area contributed by atoms with Gasteiger partial charge in [-0.25, -0.2) is 0 Å². The largest absolute Gasteiger partial charge is 0.337 e. The molecule has 0 saturated carbocycles. The fraction of sp³-hybridized carbons (Fsp3) is 1.00. The second-order valence-electron chi connectivity index (χ2n) is 5.29. The average Bonchev–Trinajstić information content (AvgIpc) is 2.18. The van der Waals surface area contributed by atoms with Gasteiger partial charge in [0.1, 0.15) is 12.5 Å². The summed E-state index contributed by atoms with van der Waals surface area (Å²) in [5.41, 5.74) is 0. The summed E-state index contributed by atoms with van der Waals surface area (Å²) in [6.45, 7) is 8.74. The van der Waals surface area contributed by atoms with Gasteiger partial charge in [0.2, 0.25) is 0 Å². The van der Waals surface area contributed by atoms with Crippen LogP contribution in [-0.2, 0) is 18.2 Å². The average molecular weight is 254 g/mol. The van der Waals surface area contributed by atoms with Gasteiger partial charge >= 0.3 is 7.60 Å². The van der Waals surface area contributed by atoms with Crippen LogP contribution in [0.15, 0.2) is 0 Å². The lowest BCUT2D eigenvalue weighted by molar-refractivity contribution is 0.167. The van der Waals surface area contributed by atoms with Crippen molar-refractivity contribution >= 4 is 14.7 Å². The maximum atomic E-state index is 12.3. The standard InChI is InChI=1S/C9H20O4P2/c1-8(2)7-9(3,14(5,6)10)13-15(8,11)12-4/h7H2,1-6H3. The predicted octanol–water partition coefficient (Wildman–Crippen LogP) is 3.36. The first-order valence-corrected chi connectivity index (χ1v) is 9.04. The van der Waals surface area contributed by atoms with Crippen molar-refractivity contribution in [3.8, 4) is 0 Å². The molecule has 0 aromatic carbocycles. The zero-order chi connectivity index (χ0) is 12.1. The molecule has 1 rings (SSSR count). The van der Waals surface area contributed by atoms with Crippen LogP contribution in [0.25, 0.3) is 0 Å². The van der Waals surface area contributed by atoms with Crippen molar-refractivity contribution in [2.45, 2.75) is 37.7 Å². The summed E-state index contributed by atoms with van der Waals surface area (Å²) < 4.78 is 35.0. The minimum absolute atomic E-state index is 0.495. The molecule has 0 amide bonds. The molecule has 1 saturated heterocycles. The van der Waals surface area contributed by atoms with Crippen molar-refractivity contribution in [1.82, 2.24) is 0 Å². The van der Waals surface area contributed by atoms with E-state index in [4.69, 9.17) is 9.05 Å². The van der Waals surface area contributed by atoms with Gasteiger partial charge in [-0.1, -0.05) is 0 Å². The molecule has 90 valence electrons. The first-order valence-electron chi connectivity index (χ1n) is 4.89. The predicted molar refractivity (Wildman–Crippen MR) is 62.3 cm³/mol. The summed E-state index contributed by atoms with van der Waals surface area (Å²) in [5, 5.41) is -1.40. The lowest BCUT2D eigenvalue weighted by Crippen LogP contribution is -2.25. The van der Waals surface area contributed by atoms with Gasteiger partial charge in [-0.3, -0.25) is 9.09 Å². The number of hydrogen-bond donors (Lipinski definition) is 0. The van der Waals surface area contributed by atoms with Crippen LogP contribution in [0.4, 0.5) is 0 Å². The SMILES string of the molecule is COP1(=O)OC(C)(P(C)(C)=O)CC1(C)C. The molecule has 1 fully saturated rings. The third-order valence-corrected chi connectivity index (χ3v) is 8.63. The van der Waals surface area contributed by atoms with Crippen LogP contribution in [0.3, 0.4) is 0 Å².